The zero-order valence-electron chi connectivity index (χ0n) is 8.70. The third-order valence-corrected chi connectivity index (χ3v) is 2.71. The molecule has 2 nitrogen and oxygen atoms in total. The molecule has 0 aliphatic rings. The van der Waals surface area contributed by atoms with E-state index < -0.39 is 5.92 Å². The fourth-order valence-electron chi connectivity index (χ4n) is 1.29. The second kappa shape index (κ2) is 5.09. The second-order valence-electron chi connectivity index (χ2n) is 3.67. The summed E-state index contributed by atoms with van der Waals surface area (Å²) in [7, 11) is 0. The van der Waals surface area contributed by atoms with E-state index in [2.05, 4.69) is 22.0 Å². The van der Waals surface area contributed by atoms with Crippen LogP contribution in [0.1, 0.15) is 25.3 Å². The van der Waals surface area contributed by atoms with Gasteiger partial charge in [0.15, 0.2) is 5.78 Å². The van der Waals surface area contributed by atoms with Crippen LogP contribution < -0.4 is 0 Å². The molecule has 78 valence electrons. The lowest BCUT2D eigenvalue weighted by molar-refractivity contribution is -0.122. The number of benzene rings is 1. The summed E-state index contributed by atoms with van der Waals surface area (Å²) in [6.07, 6.45) is 0. The average molecular weight is 266 g/mol. The van der Waals surface area contributed by atoms with Crippen LogP contribution in [0.2, 0.25) is 0 Å². The molecule has 0 unspecified atom stereocenters. The average Bonchev–Trinajstić information content (AvgIpc) is 2.21. The van der Waals surface area contributed by atoms with Crippen molar-refractivity contribution in [2.45, 2.75) is 19.8 Å². The second-order valence-corrected chi connectivity index (χ2v) is 4.59. The van der Waals surface area contributed by atoms with Gasteiger partial charge >= 0.3 is 0 Å². The zero-order valence-corrected chi connectivity index (χ0v) is 10.3. The van der Waals surface area contributed by atoms with Crippen LogP contribution in [0.25, 0.3) is 0 Å². The highest BCUT2D eigenvalue weighted by molar-refractivity contribution is 9.10. The van der Waals surface area contributed by atoms with Crippen molar-refractivity contribution in [1.82, 2.24) is 0 Å². The van der Waals surface area contributed by atoms with Crippen molar-refractivity contribution in [3.8, 4) is 6.07 Å². The number of ketones is 1. The highest BCUT2D eigenvalue weighted by Gasteiger charge is 2.22. The first-order valence-electron chi connectivity index (χ1n) is 4.75. The topological polar surface area (TPSA) is 40.9 Å². The van der Waals surface area contributed by atoms with Crippen molar-refractivity contribution >= 4 is 21.7 Å². The van der Waals surface area contributed by atoms with Gasteiger partial charge in [0.1, 0.15) is 5.92 Å². The molecule has 1 aromatic rings. The maximum atomic E-state index is 11.7. The Balaban J connectivity index is 2.99. The summed E-state index contributed by atoms with van der Waals surface area (Å²) in [5.74, 6) is -0.781. The van der Waals surface area contributed by atoms with Crippen LogP contribution in [0.4, 0.5) is 0 Å². The number of Topliss-reactive ketones (excluding diaryl/α,β-unsaturated/α-hetero) is 1. The molecule has 0 aliphatic carbocycles. The number of carbonyl (C=O) groups excluding carboxylic acids is 1. The lowest BCUT2D eigenvalue weighted by atomic mass is 9.90. The van der Waals surface area contributed by atoms with Crippen molar-refractivity contribution < 1.29 is 4.79 Å². The van der Waals surface area contributed by atoms with Crippen LogP contribution in [-0.4, -0.2) is 5.78 Å². The van der Waals surface area contributed by atoms with E-state index in [-0.39, 0.29) is 11.7 Å². The molecule has 3 heteroatoms. The van der Waals surface area contributed by atoms with Gasteiger partial charge in [0, 0.05) is 10.4 Å². The largest absolute Gasteiger partial charge is 0.298 e. The molecule has 0 bridgehead atoms. The molecule has 0 spiro atoms. The molecule has 0 saturated carbocycles. The van der Waals surface area contributed by atoms with Crippen LogP contribution in [-0.2, 0) is 4.79 Å². The quantitative estimate of drug-likeness (QED) is 0.842. The lowest BCUT2D eigenvalue weighted by Gasteiger charge is -2.10. The van der Waals surface area contributed by atoms with Crippen molar-refractivity contribution in [3.05, 3.63) is 34.3 Å². The first kappa shape index (κ1) is 11.9. The predicted octanol–water partition coefficient (Wildman–Crippen LogP) is 3.28. The molecule has 0 aliphatic heterocycles. The van der Waals surface area contributed by atoms with Crippen LogP contribution in [0, 0.1) is 17.2 Å². The summed E-state index contributed by atoms with van der Waals surface area (Å²) < 4.78 is 0.944. The molecule has 1 atom stereocenters. The van der Waals surface area contributed by atoms with Gasteiger partial charge in [-0.2, -0.15) is 5.26 Å². The Morgan fingerprint density at radius 1 is 1.33 bits per heavy atom. The first-order valence-corrected chi connectivity index (χ1v) is 5.54. The van der Waals surface area contributed by atoms with Crippen molar-refractivity contribution in [2.24, 2.45) is 5.92 Å². The summed E-state index contributed by atoms with van der Waals surface area (Å²) in [4.78, 5) is 11.7. The summed E-state index contributed by atoms with van der Waals surface area (Å²) >= 11 is 3.31. The van der Waals surface area contributed by atoms with Crippen LogP contribution >= 0.6 is 15.9 Å². The third kappa shape index (κ3) is 2.90. The van der Waals surface area contributed by atoms with E-state index in [1.807, 2.05) is 26.0 Å². The van der Waals surface area contributed by atoms with E-state index >= 15 is 0 Å². The maximum absolute atomic E-state index is 11.7. The van der Waals surface area contributed by atoms with Crippen molar-refractivity contribution in [2.75, 3.05) is 0 Å². The Kier molecular flexibility index (Phi) is 4.05. The number of hydrogen-bond donors (Lipinski definition) is 0. The number of halogens is 1. The molecule has 1 rings (SSSR count). The van der Waals surface area contributed by atoms with Crippen molar-refractivity contribution in [3.63, 3.8) is 0 Å². The fourth-order valence-corrected chi connectivity index (χ4v) is 1.56. The summed E-state index contributed by atoms with van der Waals surface area (Å²) in [5.41, 5.74) is 0.763. The van der Waals surface area contributed by atoms with E-state index in [4.69, 9.17) is 5.26 Å². The molecule has 0 heterocycles. The van der Waals surface area contributed by atoms with Gasteiger partial charge in [-0.1, -0.05) is 41.9 Å². The monoisotopic (exact) mass is 265 g/mol. The summed E-state index contributed by atoms with van der Waals surface area (Å²) in [6, 6.07) is 9.34. The summed E-state index contributed by atoms with van der Waals surface area (Å²) in [5, 5.41) is 8.99. The minimum absolute atomic E-state index is 0.0279. The molecule has 0 amide bonds. The fraction of sp³-hybridized carbons (Fsp3) is 0.333. The maximum Gasteiger partial charge on any atom is 0.156 e. The molecule has 15 heavy (non-hydrogen) atoms. The number of carbonyl (C=O) groups is 1. The number of hydrogen-bond acceptors (Lipinski definition) is 2. The molecule has 0 saturated heterocycles. The summed E-state index contributed by atoms with van der Waals surface area (Å²) in [6.45, 7) is 3.62. The van der Waals surface area contributed by atoms with Gasteiger partial charge in [0.05, 0.1) is 6.07 Å². The molecule has 0 fully saturated rings. The van der Waals surface area contributed by atoms with Gasteiger partial charge in [-0.3, -0.25) is 4.79 Å². The third-order valence-electron chi connectivity index (χ3n) is 2.19. The van der Waals surface area contributed by atoms with Gasteiger partial charge in [-0.25, -0.2) is 0 Å². The van der Waals surface area contributed by atoms with E-state index in [0.29, 0.717) is 0 Å². The molecule has 0 aromatic heterocycles. The van der Waals surface area contributed by atoms with E-state index in [1.165, 1.54) is 0 Å². The Morgan fingerprint density at radius 2 is 1.87 bits per heavy atom. The number of nitriles is 1. The van der Waals surface area contributed by atoms with E-state index in [9.17, 15) is 4.79 Å². The van der Waals surface area contributed by atoms with Gasteiger partial charge in [-0.15, -0.1) is 0 Å². The van der Waals surface area contributed by atoms with E-state index in [1.54, 1.807) is 12.1 Å². The van der Waals surface area contributed by atoms with E-state index in [0.717, 1.165) is 10.0 Å². The normalized spacial score (nSPS) is 12.2. The van der Waals surface area contributed by atoms with Gasteiger partial charge in [-0.05, 0) is 17.7 Å². The smallest absolute Gasteiger partial charge is 0.156 e. The van der Waals surface area contributed by atoms with Crippen LogP contribution in [0.5, 0.6) is 0 Å². The predicted molar refractivity (Wildman–Crippen MR) is 62.3 cm³/mol. The van der Waals surface area contributed by atoms with Gasteiger partial charge in [0.25, 0.3) is 0 Å². The zero-order chi connectivity index (χ0) is 11.4. The SMILES string of the molecule is CC(C)C(=O)[C@H](C#N)c1ccc(Br)cc1. The van der Waals surface area contributed by atoms with Crippen LogP contribution in [0.3, 0.4) is 0 Å². The van der Waals surface area contributed by atoms with Crippen LogP contribution in [0.15, 0.2) is 28.7 Å². The Labute approximate surface area is 98.0 Å². The Morgan fingerprint density at radius 3 is 2.27 bits per heavy atom. The Hall–Kier alpha value is -1.14. The Bertz CT molecular complexity index is 389. The molecular weight excluding hydrogens is 254 g/mol. The molecule has 0 radical (unpaired) electrons. The first-order chi connectivity index (χ1) is 7.06. The number of nitrogens with zero attached hydrogens (tertiary/aromatic N) is 1. The minimum Gasteiger partial charge on any atom is -0.298 e. The lowest BCUT2D eigenvalue weighted by Crippen LogP contribution is -2.16. The molecule has 1 aromatic carbocycles. The highest BCUT2D eigenvalue weighted by atomic mass is 79.9. The van der Waals surface area contributed by atoms with Gasteiger partial charge < -0.3 is 0 Å². The van der Waals surface area contributed by atoms with Crippen molar-refractivity contribution in [1.29, 1.82) is 5.26 Å². The standard InChI is InChI=1S/C12H12BrNO/c1-8(2)12(15)11(7-14)9-3-5-10(13)6-4-9/h3-6,8,11H,1-2H3/t11-/m1/s1. The molecule has 0 N–H and O–H groups in total. The number of rotatable bonds is 3. The molecular formula is C12H12BrNO. The van der Waals surface area contributed by atoms with Gasteiger partial charge in [0.2, 0.25) is 0 Å². The minimum atomic E-state index is -0.641. The highest BCUT2D eigenvalue weighted by Crippen LogP contribution is 2.21.